The summed E-state index contributed by atoms with van der Waals surface area (Å²) in [5.74, 6) is -6.58. The van der Waals surface area contributed by atoms with Crippen LogP contribution in [0.15, 0.2) is 6.07 Å². The second-order valence-corrected chi connectivity index (χ2v) is 8.16. The zero-order valence-corrected chi connectivity index (χ0v) is 17.1. The van der Waals surface area contributed by atoms with E-state index in [0.29, 0.717) is 29.4 Å². The van der Waals surface area contributed by atoms with Crippen LogP contribution in [0.3, 0.4) is 0 Å². The number of amides is 1. The maximum absolute atomic E-state index is 14.3. The molecule has 3 heterocycles. The van der Waals surface area contributed by atoms with Crippen LogP contribution in [0.25, 0.3) is 0 Å². The highest BCUT2D eigenvalue weighted by molar-refractivity contribution is 7.71. The fourth-order valence-electron chi connectivity index (χ4n) is 4.34. The standard InChI is InChI=1S/C20H21F4N3O2S/c1-26(11-2-4-29-5-3-11)16(28)8-14-15-6-10(9-27(15)20(30)25-14)17-18(23)12(21)7-13(22)19(17)24/h7,10-11H,2-6,8-9H2,1H3,(H,25,30)/t10-/m0/s1. The third kappa shape index (κ3) is 3.66. The van der Waals surface area contributed by atoms with Crippen molar-refractivity contribution in [1.82, 2.24) is 14.5 Å². The molecule has 4 rings (SSSR count). The van der Waals surface area contributed by atoms with Crippen molar-refractivity contribution in [2.45, 2.75) is 44.2 Å². The van der Waals surface area contributed by atoms with Gasteiger partial charge in [-0.1, -0.05) is 0 Å². The predicted octanol–water partition coefficient (Wildman–Crippen LogP) is 3.62. The van der Waals surface area contributed by atoms with Gasteiger partial charge >= 0.3 is 0 Å². The molecule has 1 fully saturated rings. The summed E-state index contributed by atoms with van der Waals surface area (Å²) in [5.41, 5.74) is 0.563. The van der Waals surface area contributed by atoms with Crippen LogP contribution in [0.5, 0.6) is 0 Å². The Morgan fingerprint density at radius 3 is 2.50 bits per heavy atom. The molecule has 1 N–H and O–H groups in total. The number of aromatic amines is 1. The molecule has 10 heteroatoms. The van der Waals surface area contributed by atoms with Crippen LogP contribution < -0.4 is 0 Å². The second-order valence-electron chi connectivity index (χ2n) is 7.77. The van der Waals surface area contributed by atoms with Crippen LogP contribution in [-0.4, -0.2) is 46.7 Å². The molecule has 0 unspecified atom stereocenters. The molecule has 1 atom stereocenters. The van der Waals surface area contributed by atoms with Gasteiger partial charge in [0.15, 0.2) is 28.0 Å². The number of ether oxygens (including phenoxy) is 1. The summed E-state index contributed by atoms with van der Waals surface area (Å²) in [4.78, 5) is 17.5. The van der Waals surface area contributed by atoms with Crippen LogP contribution in [0.4, 0.5) is 17.6 Å². The number of carbonyl (C=O) groups excluding carboxylic acids is 1. The zero-order chi connectivity index (χ0) is 21.6. The lowest BCUT2D eigenvalue weighted by Gasteiger charge is -2.31. The number of benzene rings is 1. The van der Waals surface area contributed by atoms with Crippen LogP contribution in [0.2, 0.25) is 0 Å². The topological polar surface area (TPSA) is 50.3 Å². The Hall–Kier alpha value is -2.20. The lowest BCUT2D eigenvalue weighted by molar-refractivity contribution is -0.132. The average molecular weight is 443 g/mol. The van der Waals surface area contributed by atoms with Crippen LogP contribution in [0, 0.1) is 28.0 Å². The highest BCUT2D eigenvalue weighted by atomic mass is 32.1. The quantitative estimate of drug-likeness (QED) is 0.446. The van der Waals surface area contributed by atoms with E-state index < -0.39 is 34.8 Å². The van der Waals surface area contributed by atoms with Gasteiger partial charge < -0.3 is 19.2 Å². The Kier molecular flexibility index (Phi) is 5.71. The molecule has 5 nitrogen and oxygen atoms in total. The van der Waals surface area contributed by atoms with E-state index in [2.05, 4.69) is 4.98 Å². The van der Waals surface area contributed by atoms with Gasteiger partial charge in [0.2, 0.25) is 5.91 Å². The first-order valence-corrected chi connectivity index (χ1v) is 10.2. The van der Waals surface area contributed by atoms with Gasteiger partial charge in [-0.25, -0.2) is 17.6 Å². The molecule has 0 spiro atoms. The number of fused-ring (bicyclic) bond motifs is 1. The minimum absolute atomic E-state index is 0.0506. The number of aromatic nitrogens is 2. The summed E-state index contributed by atoms with van der Waals surface area (Å²) >= 11 is 5.29. The van der Waals surface area contributed by atoms with Crippen molar-refractivity contribution in [3.05, 3.63) is 51.1 Å². The first kappa shape index (κ1) is 21.0. The lowest BCUT2D eigenvalue weighted by Crippen LogP contribution is -2.41. The van der Waals surface area contributed by atoms with E-state index in [1.165, 1.54) is 0 Å². The van der Waals surface area contributed by atoms with Gasteiger partial charge in [0.25, 0.3) is 0 Å². The van der Waals surface area contributed by atoms with Crippen LogP contribution >= 0.6 is 12.2 Å². The van der Waals surface area contributed by atoms with Crippen molar-refractivity contribution in [2.24, 2.45) is 0 Å². The number of nitrogens with zero attached hydrogens (tertiary/aromatic N) is 2. The molecule has 0 aliphatic carbocycles. The lowest BCUT2D eigenvalue weighted by atomic mass is 9.94. The number of hydrogen-bond acceptors (Lipinski definition) is 3. The Bertz CT molecular complexity index is 1020. The number of rotatable bonds is 4. The normalized spacial score (nSPS) is 19.2. The number of imidazole rings is 1. The largest absolute Gasteiger partial charge is 0.381 e. The maximum atomic E-state index is 14.3. The number of nitrogens with one attached hydrogen (secondary N) is 1. The smallest absolute Gasteiger partial charge is 0.228 e. The summed E-state index contributed by atoms with van der Waals surface area (Å²) in [6.07, 6.45) is 1.69. The van der Waals surface area contributed by atoms with Crippen molar-refractivity contribution < 1.29 is 27.1 Å². The first-order chi connectivity index (χ1) is 14.3. The number of halogens is 4. The van der Waals surface area contributed by atoms with Gasteiger partial charge in [0.05, 0.1) is 6.42 Å². The highest BCUT2D eigenvalue weighted by Gasteiger charge is 2.34. The van der Waals surface area contributed by atoms with E-state index in [-0.39, 0.29) is 37.4 Å². The first-order valence-electron chi connectivity index (χ1n) is 9.74. The second kappa shape index (κ2) is 8.14. The van der Waals surface area contributed by atoms with Gasteiger partial charge in [0.1, 0.15) is 0 Å². The van der Waals surface area contributed by atoms with Gasteiger partial charge in [-0.15, -0.1) is 0 Å². The molecule has 30 heavy (non-hydrogen) atoms. The van der Waals surface area contributed by atoms with Gasteiger partial charge in [-0.2, -0.15) is 0 Å². The Morgan fingerprint density at radius 2 is 1.87 bits per heavy atom. The summed E-state index contributed by atoms with van der Waals surface area (Å²) in [7, 11) is 1.74. The maximum Gasteiger partial charge on any atom is 0.228 e. The van der Waals surface area contributed by atoms with Crippen LogP contribution in [-0.2, 0) is 28.9 Å². The van der Waals surface area contributed by atoms with Gasteiger partial charge in [0, 0.05) is 61.8 Å². The Balaban J connectivity index is 1.56. The molecular weight excluding hydrogens is 422 g/mol. The summed E-state index contributed by atoms with van der Waals surface area (Å²) in [6.45, 7) is 1.29. The Labute approximate surface area is 175 Å². The van der Waals surface area contributed by atoms with E-state index in [1.54, 1.807) is 16.5 Å². The van der Waals surface area contributed by atoms with Crippen LogP contribution in [0.1, 0.15) is 35.7 Å². The summed E-state index contributed by atoms with van der Waals surface area (Å²) < 4.78 is 63.1. The monoisotopic (exact) mass is 443 g/mol. The SMILES string of the molecule is CN(C(=O)Cc1[nH]c(=S)n2c1C[C@H](c1c(F)c(F)cc(F)c1F)C2)C1CCOCC1. The van der Waals surface area contributed by atoms with E-state index in [4.69, 9.17) is 17.0 Å². The molecule has 2 aromatic rings. The third-order valence-electron chi connectivity index (χ3n) is 6.03. The molecule has 1 aromatic carbocycles. The molecule has 0 bridgehead atoms. The van der Waals surface area contributed by atoms with E-state index >= 15 is 0 Å². The predicted molar refractivity (Wildman–Crippen MR) is 103 cm³/mol. The molecule has 1 amide bonds. The summed E-state index contributed by atoms with van der Waals surface area (Å²) in [6, 6.07) is 0.294. The highest BCUT2D eigenvalue weighted by Crippen LogP contribution is 2.36. The minimum atomic E-state index is -1.43. The Morgan fingerprint density at radius 1 is 1.23 bits per heavy atom. The van der Waals surface area contributed by atoms with Crippen molar-refractivity contribution in [3.8, 4) is 0 Å². The number of H-pyrrole nitrogens is 1. The fraction of sp³-hybridized carbons (Fsp3) is 0.500. The molecule has 2 aliphatic heterocycles. The number of likely N-dealkylation sites (N-methyl/N-ethyl adjacent to an activating group) is 1. The molecular formula is C20H21F4N3O2S. The van der Waals surface area contributed by atoms with Crippen molar-refractivity contribution >= 4 is 18.1 Å². The molecule has 0 saturated carbocycles. The fourth-order valence-corrected chi connectivity index (χ4v) is 4.65. The molecule has 162 valence electrons. The number of carbonyl (C=O) groups is 1. The molecule has 2 aliphatic rings. The molecule has 1 aromatic heterocycles. The molecule has 1 saturated heterocycles. The third-order valence-corrected chi connectivity index (χ3v) is 6.36. The van der Waals surface area contributed by atoms with E-state index in [9.17, 15) is 22.4 Å². The van der Waals surface area contributed by atoms with E-state index in [1.807, 2.05) is 0 Å². The number of hydrogen-bond donors (Lipinski definition) is 1. The van der Waals surface area contributed by atoms with Gasteiger partial charge in [-0.3, -0.25) is 4.79 Å². The van der Waals surface area contributed by atoms with Crippen molar-refractivity contribution in [2.75, 3.05) is 20.3 Å². The average Bonchev–Trinajstić information content (AvgIpc) is 3.28. The zero-order valence-electron chi connectivity index (χ0n) is 16.3. The van der Waals surface area contributed by atoms with Gasteiger partial charge in [-0.05, 0) is 31.5 Å². The minimum Gasteiger partial charge on any atom is -0.381 e. The van der Waals surface area contributed by atoms with E-state index in [0.717, 1.165) is 12.8 Å². The molecule has 0 radical (unpaired) electrons. The van der Waals surface area contributed by atoms with Crippen molar-refractivity contribution in [1.29, 1.82) is 0 Å². The summed E-state index contributed by atoms with van der Waals surface area (Å²) in [5, 5.41) is 0. The van der Waals surface area contributed by atoms with Crippen molar-refractivity contribution in [3.63, 3.8) is 0 Å².